The van der Waals surface area contributed by atoms with Crippen LogP contribution in [-0.4, -0.2) is 17.8 Å². The summed E-state index contributed by atoms with van der Waals surface area (Å²) in [4.78, 5) is 0. The first-order chi connectivity index (χ1) is 8.47. The molecule has 0 saturated carbocycles. The molecule has 1 fully saturated rings. The number of rotatable bonds is 4. The van der Waals surface area contributed by atoms with E-state index in [-0.39, 0.29) is 11.7 Å². The standard InChI is InChI=1S/C14H18F2O2/c1-14(17,5-4-13-3-2-6-18-13)10-7-11(15)9-12(16)8-10/h7-9,13,17H,2-6H2,1H3. The van der Waals surface area contributed by atoms with Crippen LogP contribution in [0.3, 0.4) is 0 Å². The molecule has 0 radical (unpaired) electrons. The van der Waals surface area contributed by atoms with E-state index in [0.717, 1.165) is 25.5 Å². The maximum Gasteiger partial charge on any atom is 0.126 e. The second kappa shape index (κ2) is 5.33. The van der Waals surface area contributed by atoms with Crippen LogP contribution in [0.1, 0.15) is 38.2 Å². The first-order valence-corrected chi connectivity index (χ1v) is 6.28. The van der Waals surface area contributed by atoms with Gasteiger partial charge in [-0.15, -0.1) is 0 Å². The van der Waals surface area contributed by atoms with Gasteiger partial charge in [0.05, 0.1) is 11.7 Å². The quantitative estimate of drug-likeness (QED) is 0.896. The van der Waals surface area contributed by atoms with Crippen LogP contribution in [0.5, 0.6) is 0 Å². The topological polar surface area (TPSA) is 29.5 Å². The van der Waals surface area contributed by atoms with Gasteiger partial charge in [-0.3, -0.25) is 0 Å². The number of benzene rings is 1. The summed E-state index contributed by atoms with van der Waals surface area (Å²) >= 11 is 0. The van der Waals surface area contributed by atoms with Crippen LogP contribution in [0.25, 0.3) is 0 Å². The van der Waals surface area contributed by atoms with Crippen molar-refractivity contribution in [3.05, 3.63) is 35.4 Å². The normalized spacial score (nSPS) is 23.0. The molecule has 2 unspecified atom stereocenters. The highest BCUT2D eigenvalue weighted by Crippen LogP contribution is 2.30. The molecule has 1 heterocycles. The molecule has 1 aliphatic heterocycles. The molecule has 100 valence electrons. The fraction of sp³-hybridized carbons (Fsp3) is 0.571. The SMILES string of the molecule is CC(O)(CCC1CCCO1)c1cc(F)cc(F)c1. The van der Waals surface area contributed by atoms with Crippen molar-refractivity contribution in [3.63, 3.8) is 0 Å². The van der Waals surface area contributed by atoms with Crippen molar-refractivity contribution < 1.29 is 18.6 Å². The highest BCUT2D eigenvalue weighted by Gasteiger charge is 2.27. The monoisotopic (exact) mass is 256 g/mol. The van der Waals surface area contributed by atoms with E-state index in [1.54, 1.807) is 6.92 Å². The van der Waals surface area contributed by atoms with E-state index in [9.17, 15) is 13.9 Å². The Labute approximate surface area is 106 Å². The number of hydrogen-bond acceptors (Lipinski definition) is 2. The molecule has 0 amide bonds. The van der Waals surface area contributed by atoms with Crippen molar-refractivity contribution in [1.29, 1.82) is 0 Å². The molecule has 0 aliphatic carbocycles. The van der Waals surface area contributed by atoms with E-state index >= 15 is 0 Å². The molecular formula is C14H18F2O2. The molecule has 0 spiro atoms. The van der Waals surface area contributed by atoms with Crippen molar-refractivity contribution >= 4 is 0 Å². The van der Waals surface area contributed by atoms with Gasteiger partial charge >= 0.3 is 0 Å². The fourth-order valence-corrected chi connectivity index (χ4v) is 2.32. The molecule has 2 nitrogen and oxygen atoms in total. The van der Waals surface area contributed by atoms with Gasteiger partial charge < -0.3 is 9.84 Å². The Bertz CT molecular complexity index is 392. The van der Waals surface area contributed by atoms with Crippen LogP contribution in [0.2, 0.25) is 0 Å². The number of aliphatic hydroxyl groups is 1. The van der Waals surface area contributed by atoms with E-state index in [1.807, 2.05) is 0 Å². The summed E-state index contributed by atoms with van der Waals surface area (Å²) in [6.45, 7) is 2.34. The molecule has 18 heavy (non-hydrogen) atoms. The summed E-state index contributed by atoms with van der Waals surface area (Å²) in [6, 6.07) is 3.16. The highest BCUT2D eigenvalue weighted by molar-refractivity contribution is 5.23. The summed E-state index contributed by atoms with van der Waals surface area (Å²) in [5.74, 6) is -1.33. The molecule has 2 rings (SSSR count). The van der Waals surface area contributed by atoms with Crippen molar-refractivity contribution in [2.24, 2.45) is 0 Å². The predicted octanol–water partition coefficient (Wildman–Crippen LogP) is 3.13. The third kappa shape index (κ3) is 3.27. The minimum absolute atomic E-state index is 0.162. The van der Waals surface area contributed by atoms with Crippen LogP contribution < -0.4 is 0 Å². The first kappa shape index (κ1) is 13.4. The summed E-state index contributed by atoms with van der Waals surface area (Å²) < 4.78 is 31.7. The maximum atomic E-state index is 13.1. The van der Waals surface area contributed by atoms with Gasteiger partial charge in [-0.2, -0.15) is 0 Å². The van der Waals surface area contributed by atoms with Gasteiger partial charge in [-0.25, -0.2) is 8.78 Å². The number of hydrogen-bond donors (Lipinski definition) is 1. The van der Waals surface area contributed by atoms with Crippen molar-refractivity contribution in [3.8, 4) is 0 Å². The molecule has 1 aromatic carbocycles. The van der Waals surface area contributed by atoms with Crippen molar-refractivity contribution in [2.75, 3.05) is 6.61 Å². The third-order valence-corrected chi connectivity index (χ3v) is 3.46. The van der Waals surface area contributed by atoms with Gasteiger partial charge in [-0.1, -0.05) is 0 Å². The lowest BCUT2D eigenvalue weighted by molar-refractivity contribution is 0.0216. The van der Waals surface area contributed by atoms with Crippen molar-refractivity contribution in [1.82, 2.24) is 0 Å². The Kier molecular flexibility index (Phi) is 3.97. The zero-order chi connectivity index (χ0) is 13.2. The van der Waals surface area contributed by atoms with Crippen molar-refractivity contribution in [2.45, 2.75) is 44.3 Å². The van der Waals surface area contributed by atoms with Crippen LogP contribution >= 0.6 is 0 Å². The van der Waals surface area contributed by atoms with Crippen LogP contribution in [-0.2, 0) is 10.3 Å². The molecule has 1 saturated heterocycles. The zero-order valence-corrected chi connectivity index (χ0v) is 10.5. The summed E-state index contributed by atoms with van der Waals surface area (Å²) in [5, 5.41) is 10.3. The van der Waals surface area contributed by atoms with Gasteiger partial charge in [0.15, 0.2) is 0 Å². The average molecular weight is 256 g/mol. The average Bonchev–Trinajstić information content (AvgIpc) is 2.78. The molecule has 4 heteroatoms. The minimum Gasteiger partial charge on any atom is -0.385 e. The van der Waals surface area contributed by atoms with Gasteiger partial charge in [0, 0.05) is 12.7 Å². The molecule has 1 aliphatic rings. The van der Waals surface area contributed by atoms with Gasteiger partial charge in [0.2, 0.25) is 0 Å². The van der Waals surface area contributed by atoms with Gasteiger partial charge in [-0.05, 0) is 50.3 Å². The second-order valence-corrected chi connectivity index (χ2v) is 5.11. The van der Waals surface area contributed by atoms with Gasteiger partial charge in [0.25, 0.3) is 0 Å². The predicted molar refractivity (Wildman–Crippen MR) is 64.1 cm³/mol. The molecule has 1 aromatic rings. The maximum absolute atomic E-state index is 13.1. The minimum atomic E-state index is -1.23. The van der Waals surface area contributed by atoms with Crippen LogP contribution in [0.15, 0.2) is 18.2 Å². The molecule has 0 aromatic heterocycles. The lowest BCUT2D eigenvalue weighted by Crippen LogP contribution is -2.23. The first-order valence-electron chi connectivity index (χ1n) is 6.28. The Hall–Kier alpha value is -1.00. The largest absolute Gasteiger partial charge is 0.385 e. The second-order valence-electron chi connectivity index (χ2n) is 5.11. The lowest BCUT2D eigenvalue weighted by Gasteiger charge is -2.25. The van der Waals surface area contributed by atoms with E-state index in [1.165, 1.54) is 12.1 Å². The lowest BCUT2D eigenvalue weighted by atomic mass is 9.89. The Balaban J connectivity index is 2.04. The summed E-state index contributed by atoms with van der Waals surface area (Å²) in [6.07, 6.45) is 3.33. The van der Waals surface area contributed by atoms with Gasteiger partial charge in [0.1, 0.15) is 11.6 Å². The summed E-state index contributed by atoms with van der Waals surface area (Å²) in [5.41, 5.74) is -0.951. The van der Waals surface area contributed by atoms with E-state index in [2.05, 4.69) is 0 Å². The third-order valence-electron chi connectivity index (χ3n) is 3.46. The smallest absolute Gasteiger partial charge is 0.126 e. The molecular weight excluding hydrogens is 238 g/mol. The van der Waals surface area contributed by atoms with E-state index in [4.69, 9.17) is 4.74 Å². The van der Waals surface area contributed by atoms with E-state index in [0.29, 0.717) is 12.8 Å². The zero-order valence-electron chi connectivity index (χ0n) is 10.5. The molecule has 0 bridgehead atoms. The fourth-order valence-electron chi connectivity index (χ4n) is 2.32. The Morgan fingerprint density at radius 3 is 2.56 bits per heavy atom. The van der Waals surface area contributed by atoms with E-state index < -0.39 is 17.2 Å². The highest BCUT2D eigenvalue weighted by atomic mass is 19.1. The number of halogens is 2. The Morgan fingerprint density at radius 1 is 1.33 bits per heavy atom. The van der Waals surface area contributed by atoms with Crippen LogP contribution in [0.4, 0.5) is 8.78 Å². The molecule has 1 N–H and O–H groups in total. The Morgan fingerprint density at radius 2 is 2.00 bits per heavy atom. The summed E-state index contributed by atoms with van der Waals surface area (Å²) in [7, 11) is 0. The molecule has 2 atom stereocenters. The van der Waals surface area contributed by atoms with Crippen LogP contribution in [0, 0.1) is 11.6 Å². The number of ether oxygens (including phenoxy) is 1.